The Bertz CT molecular complexity index is 308. The van der Waals surface area contributed by atoms with Crippen molar-refractivity contribution in [3.63, 3.8) is 0 Å². The van der Waals surface area contributed by atoms with Gasteiger partial charge in [-0.2, -0.15) is 0 Å². The molecule has 1 N–H and O–H groups in total. The molecule has 0 saturated heterocycles. The molecule has 1 aliphatic carbocycles. The lowest BCUT2D eigenvalue weighted by Gasteiger charge is -2.03. The van der Waals surface area contributed by atoms with Gasteiger partial charge in [0, 0.05) is 31.5 Å². The van der Waals surface area contributed by atoms with Crippen molar-refractivity contribution in [2.24, 2.45) is 0 Å². The van der Waals surface area contributed by atoms with E-state index in [0.717, 1.165) is 25.6 Å². The first-order valence-electron chi connectivity index (χ1n) is 6.04. The standard InChI is InChI=1S/C12H20N2OS/c1-15-7-6-13-8-12-14-11(9-16-12)10-4-2-3-5-10/h9-10,13H,2-8H2,1H3. The number of rotatable bonds is 6. The molecule has 0 radical (unpaired) electrons. The van der Waals surface area contributed by atoms with Crippen LogP contribution >= 0.6 is 11.3 Å². The zero-order chi connectivity index (χ0) is 11.2. The molecular weight excluding hydrogens is 220 g/mol. The van der Waals surface area contributed by atoms with Gasteiger partial charge in [-0.25, -0.2) is 4.98 Å². The van der Waals surface area contributed by atoms with E-state index in [-0.39, 0.29) is 0 Å². The predicted octanol–water partition coefficient (Wildman–Crippen LogP) is 2.54. The van der Waals surface area contributed by atoms with Crippen LogP contribution in [0.5, 0.6) is 0 Å². The van der Waals surface area contributed by atoms with Crippen LogP contribution in [0, 0.1) is 0 Å². The molecule has 0 bridgehead atoms. The van der Waals surface area contributed by atoms with Gasteiger partial charge in [0.1, 0.15) is 5.01 Å². The highest BCUT2D eigenvalue weighted by atomic mass is 32.1. The second-order valence-electron chi connectivity index (χ2n) is 4.32. The Labute approximate surface area is 101 Å². The van der Waals surface area contributed by atoms with Crippen LogP contribution in [0.2, 0.25) is 0 Å². The van der Waals surface area contributed by atoms with Gasteiger partial charge in [0.2, 0.25) is 0 Å². The van der Waals surface area contributed by atoms with Crippen molar-refractivity contribution in [3.05, 3.63) is 16.1 Å². The molecule has 0 aromatic carbocycles. The fourth-order valence-electron chi connectivity index (χ4n) is 2.18. The monoisotopic (exact) mass is 240 g/mol. The quantitative estimate of drug-likeness (QED) is 0.776. The van der Waals surface area contributed by atoms with Crippen molar-refractivity contribution in [1.29, 1.82) is 0 Å². The first-order chi connectivity index (χ1) is 7.90. The summed E-state index contributed by atoms with van der Waals surface area (Å²) >= 11 is 1.78. The number of hydrogen-bond acceptors (Lipinski definition) is 4. The largest absolute Gasteiger partial charge is 0.383 e. The number of aromatic nitrogens is 1. The molecule has 3 nitrogen and oxygen atoms in total. The van der Waals surface area contributed by atoms with E-state index in [1.165, 1.54) is 36.4 Å². The second kappa shape index (κ2) is 6.33. The summed E-state index contributed by atoms with van der Waals surface area (Å²) in [6, 6.07) is 0. The second-order valence-corrected chi connectivity index (χ2v) is 5.26. The molecule has 90 valence electrons. The number of thiazole rings is 1. The highest BCUT2D eigenvalue weighted by Gasteiger charge is 2.19. The molecule has 1 aliphatic rings. The SMILES string of the molecule is COCCNCc1nc(C2CCCC2)cs1. The third-order valence-electron chi connectivity index (χ3n) is 3.10. The molecular formula is C12H20N2OS. The first-order valence-corrected chi connectivity index (χ1v) is 6.92. The van der Waals surface area contributed by atoms with Gasteiger partial charge < -0.3 is 10.1 Å². The van der Waals surface area contributed by atoms with E-state index >= 15 is 0 Å². The van der Waals surface area contributed by atoms with Gasteiger partial charge in [-0.3, -0.25) is 0 Å². The minimum atomic E-state index is 0.740. The highest BCUT2D eigenvalue weighted by molar-refractivity contribution is 7.09. The van der Waals surface area contributed by atoms with E-state index < -0.39 is 0 Å². The normalized spacial score (nSPS) is 17.1. The van der Waals surface area contributed by atoms with Gasteiger partial charge in [-0.05, 0) is 12.8 Å². The van der Waals surface area contributed by atoms with Crippen molar-refractivity contribution in [3.8, 4) is 0 Å². The zero-order valence-corrected chi connectivity index (χ0v) is 10.7. The molecule has 1 aromatic heterocycles. The third-order valence-corrected chi connectivity index (χ3v) is 3.97. The van der Waals surface area contributed by atoms with E-state index in [4.69, 9.17) is 9.72 Å². The average Bonchev–Trinajstić information content (AvgIpc) is 2.94. The van der Waals surface area contributed by atoms with Crippen LogP contribution in [-0.2, 0) is 11.3 Å². The number of methoxy groups -OCH3 is 1. The van der Waals surface area contributed by atoms with Crippen molar-refractivity contribution in [1.82, 2.24) is 10.3 Å². The van der Waals surface area contributed by atoms with Crippen LogP contribution in [0.4, 0.5) is 0 Å². The summed E-state index contributed by atoms with van der Waals surface area (Å²) in [5, 5.41) is 6.78. The highest BCUT2D eigenvalue weighted by Crippen LogP contribution is 2.34. The number of nitrogens with zero attached hydrogens (tertiary/aromatic N) is 1. The first kappa shape index (κ1) is 12.0. The lowest BCUT2D eigenvalue weighted by molar-refractivity contribution is 0.199. The topological polar surface area (TPSA) is 34.1 Å². The maximum atomic E-state index is 4.99. The van der Waals surface area contributed by atoms with Crippen LogP contribution in [0.1, 0.15) is 42.3 Å². The molecule has 1 aromatic rings. The van der Waals surface area contributed by atoms with Gasteiger partial charge >= 0.3 is 0 Å². The molecule has 0 unspecified atom stereocenters. The predicted molar refractivity (Wildman–Crippen MR) is 66.9 cm³/mol. The van der Waals surface area contributed by atoms with Crippen LogP contribution in [0.15, 0.2) is 5.38 Å². The zero-order valence-electron chi connectivity index (χ0n) is 9.87. The molecule has 0 spiro atoms. The molecule has 1 saturated carbocycles. The van der Waals surface area contributed by atoms with Crippen molar-refractivity contribution >= 4 is 11.3 Å². The van der Waals surface area contributed by atoms with Gasteiger partial charge in [0.15, 0.2) is 0 Å². The molecule has 0 aliphatic heterocycles. The van der Waals surface area contributed by atoms with Crippen LogP contribution < -0.4 is 5.32 Å². The van der Waals surface area contributed by atoms with Gasteiger partial charge in [0.25, 0.3) is 0 Å². The Morgan fingerprint density at radius 1 is 1.50 bits per heavy atom. The molecule has 0 amide bonds. The summed E-state index contributed by atoms with van der Waals surface area (Å²) < 4.78 is 4.99. The van der Waals surface area contributed by atoms with E-state index in [1.54, 1.807) is 18.4 Å². The Hall–Kier alpha value is -0.450. The van der Waals surface area contributed by atoms with E-state index in [2.05, 4.69) is 10.7 Å². The summed E-state index contributed by atoms with van der Waals surface area (Å²) in [6.07, 6.45) is 5.42. The Balaban J connectivity index is 1.77. The fourth-order valence-corrected chi connectivity index (χ4v) is 3.03. The summed E-state index contributed by atoms with van der Waals surface area (Å²) in [6.45, 7) is 2.54. The maximum absolute atomic E-state index is 4.99. The van der Waals surface area contributed by atoms with Crippen molar-refractivity contribution < 1.29 is 4.74 Å². The van der Waals surface area contributed by atoms with Crippen LogP contribution in [0.3, 0.4) is 0 Å². The van der Waals surface area contributed by atoms with Crippen molar-refractivity contribution in [2.45, 2.75) is 38.1 Å². The van der Waals surface area contributed by atoms with Gasteiger partial charge in [-0.1, -0.05) is 12.8 Å². The molecule has 0 atom stereocenters. The molecule has 1 fully saturated rings. The number of ether oxygens (including phenoxy) is 1. The molecule has 2 rings (SSSR count). The Morgan fingerprint density at radius 3 is 3.06 bits per heavy atom. The summed E-state index contributed by atoms with van der Waals surface area (Å²) in [7, 11) is 1.73. The summed E-state index contributed by atoms with van der Waals surface area (Å²) in [5.41, 5.74) is 1.33. The lowest BCUT2D eigenvalue weighted by Crippen LogP contribution is -2.18. The van der Waals surface area contributed by atoms with Crippen LogP contribution in [0.25, 0.3) is 0 Å². The number of hydrogen-bond donors (Lipinski definition) is 1. The Kier molecular flexibility index (Phi) is 4.75. The number of nitrogens with one attached hydrogen (secondary N) is 1. The van der Waals surface area contributed by atoms with E-state index in [9.17, 15) is 0 Å². The molecule has 4 heteroatoms. The maximum Gasteiger partial charge on any atom is 0.107 e. The molecule has 1 heterocycles. The van der Waals surface area contributed by atoms with Gasteiger partial charge in [-0.15, -0.1) is 11.3 Å². The minimum absolute atomic E-state index is 0.740. The average molecular weight is 240 g/mol. The van der Waals surface area contributed by atoms with Gasteiger partial charge in [0.05, 0.1) is 12.3 Å². The smallest absolute Gasteiger partial charge is 0.107 e. The third kappa shape index (κ3) is 3.27. The summed E-state index contributed by atoms with van der Waals surface area (Å²) in [4.78, 5) is 4.71. The lowest BCUT2D eigenvalue weighted by atomic mass is 10.1. The molecule has 16 heavy (non-hydrogen) atoms. The summed E-state index contributed by atoms with van der Waals surface area (Å²) in [5.74, 6) is 0.740. The van der Waals surface area contributed by atoms with Crippen LogP contribution in [-0.4, -0.2) is 25.2 Å². The fraction of sp³-hybridized carbons (Fsp3) is 0.750. The van der Waals surface area contributed by atoms with E-state index in [0.29, 0.717) is 0 Å². The van der Waals surface area contributed by atoms with E-state index in [1.807, 2.05) is 0 Å². The minimum Gasteiger partial charge on any atom is -0.383 e. The van der Waals surface area contributed by atoms with Crippen molar-refractivity contribution in [2.75, 3.05) is 20.3 Å². The Morgan fingerprint density at radius 2 is 2.31 bits per heavy atom.